The molecule has 1 aliphatic heterocycles. The van der Waals surface area contributed by atoms with Gasteiger partial charge >= 0.3 is 6.18 Å². The lowest BCUT2D eigenvalue weighted by Crippen LogP contribution is -2.40. The molecular formula is C28H25F4N7O2. The van der Waals surface area contributed by atoms with Gasteiger partial charge in [-0.1, -0.05) is 0 Å². The standard InChI is InChI=1S/C28H25F4N7O2/c29-20-12-16(26(40)36-21-13-18(7-8-34-21)28(30,31)32)5-6-19(20)22-23-24(33)35-9-11-39(23)25(37-22)17-2-1-10-38(14-17)27(41)15-3-4-15/h5-9,11-13,15,17H,1-4,10,14H2,(H2,33,35)(H,34,36,40)/t17-/m1/s1. The number of alkyl halides is 3. The average Bonchev–Trinajstić information content (AvgIpc) is 3.73. The Bertz CT molecular complexity index is 1670. The van der Waals surface area contributed by atoms with Gasteiger partial charge in [0.15, 0.2) is 0 Å². The summed E-state index contributed by atoms with van der Waals surface area (Å²) in [4.78, 5) is 40.0. The van der Waals surface area contributed by atoms with Crippen molar-refractivity contribution in [3.8, 4) is 11.3 Å². The molecule has 13 heteroatoms. The normalized spacial score (nSPS) is 17.6. The van der Waals surface area contributed by atoms with Gasteiger partial charge in [-0.3, -0.25) is 14.0 Å². The second kappa shape index (κ2) is 10.1. The number of halogens is 4. The number of piperidine rings is 1. The summed E-state index contributed by atoms with van der Waals surface area (Å²) in [7, 11) is 0. The van der Waals surface area contributed by atoms with E-state index in [0.717, 1.165) is 44.0 Å². The van der Waals surface area contributed by atoms with Crippen LogP contribution in [0.15, 0.2) is 48.9 Å². The molecule has 4 heterocycles. The number of likely N-dealkylation sites (tertiary alicyclic amines) is 1. The van der Waals surface area contributed by atoms with E-state index in [1.807, 2.05) is 4.90 Å². The van der Waals surface area contributed by atoms with Crippen LogP contribution in [0.3, 0.4) is 0 Å². The van der Waals surface area contributed by atoms with E-state index >= 15 is 4.39 Å². The van der Waals surface area contributed by atoms with Crippen LogP contribution in [0.5, 0.6) is 0 Å². The van der Waals surface area contributed by atoms with Crippen LogP contribution >= 0.6 is 0 Å². The lowest BCUT2D eigenvalue weighted by molar-refractivity contribution is -0.137. The van der Waals surface area contributed by atoms with Crippen molar-refractivity contribution in [2.45, 2.75) is 37.8 Å². The highest BCUT2D eigenvalue weighted by Crippen LogP contribution is 2.37. The number of aromatic nitrogens is 4. The second-order valence-corrected chi connectivity index (χ2v) is 10.3. The number of anilines is 2. The summed E-state index contributed by atoms with van der Waals surface area (Å²) >= 11 is 0. The van der Waals surface area contributed by atoms with Gasteiger partial charge in [0.1, 0.15) is 34.5 Å². The Kier molecular flexibility index (Phi) is 6.59. The predicted octanol–water partition coefficient (Wildman–Crippen LogP) is 4.90. The minimum absolute atomic E-state index is 0.0731. The van der Waals surface area contributed by atoms with Crippen LogP contribution < -0.4 is 11.1 Å². The Morgan fingerprint density at radius 1 is 1.05 bits per heavy atom. The van der Waals surface area contributed by atoms with Crippen molar-refractivity contribution in [1.82, 2.24) is 24.3 Å². The molecule has 4 aromatic rings. The number of nitrogens with one attached hydrogen (secondary N) is 1. The quantitative estimate of drug-likeness (QED) is 0.331. The van der Waals surface area contributed by atoms with Crippen molar-refractivity contribution in [3.05, 3.63) is 71.7 Å². The first-order chi connectivity index (χ1) is 19.6. The molecule has 3 aromatic heterocycles. The van der Waals surface area contributed by atoms with Crippen molar-refractivity contribution in [1.29, 1.82) is 0 Å². The average molecular weight is 568 g/mol. The first kappa shape index (κ1) is 26.7. The summed E-state index contributed by atoms with van der Waals surface area (Å²) in [5, 5.41) is 2.27. The Hall–Kier alpha value is -4.55. The third-order valence-electron chi connectivity index (χ3n) is 7.45. The zero-order valence-corrected chi connectivity index (χ0v) is 21.7. The Balaban J connectivity index is 1.30. The van der Waals surface area contributed by atoms with Gasteiger partial charge in [0.2, 0.25) is 5.91 Å². The van der Waals surface area contributed by atoms with Gasteiger partial charge in [-0.25, -0.2) is 19.3 Å². The van der Waals surface area contributed by atoms with Crippen LogP contribution in [-0.2, 0) is 11.0 Å². The number of hydrogen-bond acceptors (Lipinski definition) is 6. The van der Waals surface area contributed by atoms with E-state index < -0.39 is 23.5 Å². The number of imidazole rings is 1. The van der Waals surface area contributed by atoms with Crippen molar-refractivity contribution in [3.63, 3.8) is 0 Å². The first-order valence-corrected chi connectivity index (χ1v) is 13.2. The maximum absolute atomic E-state index is 15.5. The van der Waals surface area contributed by atoms with Gasteiger partial charge in [-0.05, 0) is 56.0 Å². The van der Waals surface area contributed by atoms with Gasteiger partial charge < -0.3 is 16.0 Å². The number of fused-ring (bicyclic) bond motifs is 1. The first-order valence-electron chi connectivity index (χ1n) is 13.2. The fraction of sp³-hybridized carbons (Fsp3) is 0.321. The highest BCUT2D eigenvalue weighted by atomic mass is 19.4. The summed E-state index contributed by atoms with van der Waals surface area (Å²) in [5.74, 6) is -0.983. The number of nitrogens with two attached hydrogens (primary N) is 1. The highest BCUT2D eigenvalue weighted by Gasteiger charge is 2.37. The lowest BCUT2D eigenvalue weighted by atomic mass is 9.97. The van der Waals surface area contributed by atoms with E-state index in [1.54, 1.807) is 10.6 Å². The number of benzene rings is 1. The maximum Gasteiger partial charge on any atom is 0.416 e. The Labute approximate surface area is 231 Å². The molecule has 1 aliphatic carbocycles. The number of nitrogens with zero attached hydrogens (tertiary/aromatic N) is 5. The summed E-state index contributed by atoms with van der Waals surface area (Å²) in [5.41, 5.74) is 5.82. The van der Waals surface area contributed by atoms with Crippen LogP contribution in [-0.4, -0.2) is 49.2 Å². The molecule has 1 atom stereocenters. The molecule has 9 nitrogen and oxygen atoms in total. The van der Waals surface area contributed by atoms with Crippen LogP contribution in [0.1, 0.15) is 53.3 Å². The zero-order valence-electron chi connectivity index (χ0n) is 21.7. The smallest absolute Gasteiger partial charge is 0.382 e. The minimum atomic E-state index is -4.61. The molecule has 2 fully saturated rings. The number of rotatable bonds is 5. The van der Waals surface area contributed by atoms with Gasteiger partial charge in [0, 0.05) is 54.6 Å². The molecule has 6 rings (SSSR count). The number of pyridine rings is 1. The molecule has 41 heavy (non-hydrogen) atoms. The fourth-order valence-electron chi connectivity index (χ4n) is 5.25. The van der Waals surface area contributed by atoms with Crippen LogP contribution in [0.2, 0.25) is 0 Å². The summed E-state index contributed by atoms with van der Waals surface area (Å²) in [6, 6.07) is 5.17. The van der Waals surface area contributed by atoms with E-state index in [-0.39, 0.29) is 46.2 Å². The number of carbonyl (C=O) groups is 2. The molecule has 0 unspecified atom stereocenters. The molecule has 1 aromatic carbocycles. The van der Waals surface area contributed by atoms with Gasteiger partial charge in [0.05, 0.1) is 5.56 Å². The fourth-order valence-corrected chi connectivity index (χ4v) is 5.25. The van der Waals surface area contributed by atoms with E-state index in [9.17, 15) is 22.8 Å². The largest absolute Gasteiger partial charge is 0.416 e. The highest BCUT2D eigenvalue weighted by molar-refractivity contribution is 6.04. The van der Waals surface area contributed by atoms with Crippen molar-refractivity contribution >= 4 is 29.0 Å². The van der Waals surface area contributed by atoms with Crippen molar-refractivity contribution in [2.24, 2.45) is 5.92 Å². The molecule has 3 N–H and O–H groups in total. The third-order valence-corrected chi connectivity index (χ3v) is 7.45. The molecule has 0 spiro atoms. The lowest BCUT2D eigenvalue weighted by Gasteiger charge is -2.32. The molecule has 0 radical (unpaired) electrons. The SMILES string of the molecule is Nc1nccn2c([C@@H]3CCCN(C(=O)C4CC4)C3)nc(-c3ccc(C(=O)Nc4cc(C(F)(F)F)ccn4)cc3F)c12. The molecule has 1 saturated heterocycles. The predicted molar refractivity (Wildman–Crippen MR) is 141 cm³/mol. The summed E-state index contributed by atoms with van der Waals surface area (Å²) in [6.07, 6.45) is 2.98. The number of carbonyl (C=O) groups excluding carboxylic acids is 2. The molecule has 1 saturated carbocycles. The Morgan fingerprint density at radius 3 is 2.59 bits per heavy atom. The van der Waals surface area contributed by atoms with E-state index in [4.69, 9.17) is 10.7 Å². The zero-order chi connectivity index (χ0) is 28.9. The van der Waals surface area contributed by atoms with Crippen LogP contribution in [0.25, 0.3) is 16.8 Å². The second-order valence-electron chi connectivity index (χ2n) is 10.3. The number of hydrogen-bond donors (Lipinski definition) is 2. The van der Waals surface area contributed by atoms with E-state index in [0.29, 0.717) is 30.5 Å². The van der Waals surface area contributed by atoms with Gasteiger partial charge in [-0.2, -0.15) is 13.2 Å². The van der Waals surface area contributed by atoms with Crippen LogP contribution in [0, 0.1) is 11.7 Å². The van der Waals surface area contributed by atoms with Gasteiger partial charge in [-0.15, -0.1) is 0 Å². The van der Waals surface area contributed by atoms with Crippen molar-refractivity contribution < 1.29 is 27.2 Å². The molecule has 0 bridgehead atoms. The molecule has 2 amide bonds. The number of nitrogen functional groups attached to an aromatic ring is 1. The van der Waals surface area contributed by atoms with Crippen LogP contribution in [0.4, 0.5) is 29.2 Å². The van der Waals surface area contributed by atoms with Crippen molar-refractivity contribution in [2.75, 3.05) is 24.1 Å². The Morgan fingerprint density at radius 2 is 1.85 bits per heavy atom. The number of amides is 2. The monoisotopic (exact) mass is 567 g/mol. The van der Waals surface area contributed by atoms with E-state index in [2.05, 4.69) is 15.3 Å². The summed E-state index contributed by atoms with van der Waals surface area (Å²) in [6.45, 7) is 1.20. The van der Waals surface area contributed by atoms with Gasteiger partial charge in [0.25, 0.3) is 5.91 Å². The molecule has 2 aliphatic rings. The van der Waals surface area contributed by atoms with E-state index in [1.165, 1.54) is 18.3 Å². The minimum Gasteiger partial charge on any atom is -0.382 e. The summed E-state index contributed by atoms with van der Waals surface area (Å²) < 4.78 is 56.3. The topological polar surface area (TPSA) is 119 Å². The molecule has 212 valence electrons. The maximum atomic E-state index is 15.5. The molecular weight excluding hydrogens is 542 g/mol. The third kappa shape index (κ3) is 5.19.